The highest BCUT2D eigenvalue weighted by atomic mass is 35.5. The van der Waals surface area contributed by atoms with Crippen molar-refractivity contribution in [2.24, 2.45) is 7.05 Å². The number of hydrogen-bond donors (Lipinski definition) is 0. The lowest BCUT2D eigenvalue weighted by atomic mass is 10.0. The molecular weight excluding hydrogens is 673 g/mol. The molecule has 1 amide bonds. The van der Waals surface area contributed by atoms with Gasteiger partial charge < -0.3 is 8.92 Å². The summed E-state index contributed by atoms with van der Waals surface area (Å²) in [4.78, 5) is 26.6. The Morgan fingerprint density at radius 1 is 0.978 bits per heavy atom. The first-order valence-corrected chi connectivity index (χ1v) is 17.0. The highest BCUT2D eigenvalue weighted by Crippen LogP contribution is 2.31. The van der Waals surface area contributed by atoms with Crippen LogP contribution < -0.4 is 9.08 Å². The van der Waals surface area contributed by atoms with Gasteiger partial charge in [-0.1, -0.05) is 66.0 Å². The van der Waals surface area contributed by atoms with Gasteiger partial charge in [0.2, 0.25) is 17.6 Å². The van der Waals surface area contributed by atoms with E-state index in [1.807, 2.05) is 39.0 Å². The maximum Gasteiger partial charge on any atom is 0.340 e. The van der Waals surface area contributed by atoms with Crippen molar-refractivity contribution in [2.75, 3.05) is 24.1 Å². The van der Waals surface area contributed by atoms with E-state index in [1.165, 1.54) is 42.1 Å². The van der Waals surface area contributed by atoms with Gasteiger partial charge >= 0.3 is 10.1 Å². The van der Waals surface area contributed by atoms with E-state index in [9.17, 15) is 18.0 Å². The molecule has 0 atom stereocenters. The molecule has 13 heteroatoms. The minimum absolute atomic E-state index is 0.0161. The molecule has 0 spiro atoms. The number of nitrogens with zero attached hydrogens (tertiary/aromatic N) is 3. The predicted octanol–water partition coefficient (Wildman–Crippen LogP) is 7.47. The average Bonchev–Trinajstić information content (AvgIpc) is 3.29. The summed E-state index contributed by atoms with van der Waals surface area (Å²) in [5.41, 5.74) is 4.53. The van der Waals surface area contributed by atoms with Crippen LogP contribution in [0.1, 0.15) is 52.2 Å². The van der Waals surface area contributed by atoms with E-state index >= 15 is 0 Å². The third kappa shape index (κ3) is 8.89. The molecule has 1 aromatic heterocycles. The van der Waals surface area contributed by atoms with Crippen LogP contribution in [-0.2, 0) is 33.1 Å². The van der Waals surface area contributed by atoms with Crippen LogP contribution in [0.3, 0.4) is 0 Å². The molecule has 0 aliphatic carbocycles. The van der Waals surface area contributed by atoms with Crippen LogP contribution >= 0.6 is 34.8 Å². The summed E-state index contributed by atoms with van der Waals surface area (Å²) in [5, 5.41) is 4.66. The van der Waals surface area contributed by atoms with E-state index < -0.39 is 15.9 Å². The van der Waals surface area contributed by atoms with Crippen molar-refractivity contribution in [3.63, 3.8) is 0 Å². The Balaban J connectivity index is 0.000000277. The zero-order valence-electron chi connectivity index (χ0n) is 26.4. The van der Waals surface area contributed by atoms with Crippen LogP contribution in [0.2, 0.25) is 10.0 Å². The van der Waals surface area contributed by atoms with Crippen molar-refractivity contribution in [2.45, 2.75) is 45.9 Å². The minimum atomic E-state index is -4.16. The smallest absolute Gasteiger partial charge is 0.340 e. The van der Waals surface area contributed by atoms with Gasteiger partial charge in [0.15, 0.2) is 0 Å². The maximum atomic E-state index is 13.0. The van der Waals surface area contributed by atoms with E-state index in [2.05, 4.69) is 12.0 Å². The highest BCUT2D eigenvalue weighted by Gasteiger charge is 2.29. The molecule has 0 aliphatic rings. The Labute approximate surface area is 285 Å². The molecule has 0 bridgehead atoms. The largest absolute Gasteiger partial charge is 0.361 e. The molecule has 4 rings (SSSR count). The molecule has 0 unspecified atom stereocenters. The standard InChI is InChI=1S/C19H16Cl2N2O4S.C14H20ClNO2/c1-11-4-7-14(8-5-11)28(25,26)27-19-17(12(2)22-23(19)3)18(24)15-9-6-13(20)10-16(15)21;1-4-12-8-6-7-11(3)14(12)16(10-18-5-2)13(17)9-15/h4-10H,1-3H3;6-8H,4-5,9-10H2,1-3H3. The Kier molecular flexibility index (Phi) is 13.2. The number of aromatic nitrogens is 2. The maximum absolute atomic E-state index is 13.0. The van der Waals surface area contributed by atoms with Crippen LogP contribution in [0.25, 0.3) is 0 Å². The Morgan fingerprint density at radius 3 is 2.24 bits per heavy atom. The lowest BCUT2D eigenvalue weighted by Gasteiger charge is -2.25. The van der Waals surface area contributed by atoms with Gasteiger partial charge in [0, 0.05) is 24.2 Å². The number of ether oxygens (including phenoxy) is 1. The van der Waals surface area contributed by atoms with Crippen molar-refractivity contribution >= 4 is 62.3 Å². The van der Waals surface area contributed by atoms with Crippen molar-refractivity contribution in [3.05, 3.63) is 104 Å². The van der Waals surface area contributed by atoms with Gasteiger partial charge in [0.25, 0.3) is 0 Å². The Morgan fingerprint density at radius 2 is 1.65 bits per heavy atom. The zero-order chi connectivity index (χ0) is 34.2. The number of carbonyl (C=O) groups excluding carboxylic acids is 2. The van der Waals surface area contributed by atoms with E-state index in [-0.39, 0.29) is 45.4 Å². The summed E-state index contributed by atoms with van der Waals surface area (Å²) < 4.78 is 37.2. The summed E-state index contributed by atoms with van der Waals surface area (Å²) >= 11 is 17.7. The van der Waals surface area contributed by atoms with Crippen molar-refractivity contribution in [1.29, 1.82) is 0 Å². The van der Waals surface area contributed by atoms with Gasteiger partial charge in [0.05, 0.1) is 16.4 Å². The molecule has 4 aromatic rings. The lowest BCUT2D eigenvalue weighted by Crippen LogP contribution is -2.35. The van der Waals surface area contributed by atoms with E-state index in [0.717, 1.165) is 28.8 Å². The number of rotatable bonds is 11. The average molecular weight is 709 g/mol. The number of para-hydroxylation sites is 1. The fourth-order valence-electron chi connectivity index (χ4n) is 4.57. The normalized spacial score (nSPS) is 11.1. The SMILES string of the molecule is CCOCN(C(=O)CCl)c1c(C)cccc1CC.Cc1ccc(S(=O)(=O)Oc2c(C(=O)c3ccc(Cl)cc3Cl)c(C)nn2C)cc1. The van der Waals surface area contributed by atoms with Gasteiger partial charge in [-0.25, -0.2) is 4.68 Å². The summed E-state index contributed by atoms with van der Waals surface area (Å²) in [6.45, 7) is 10.2. The predicted molar refractivity (Wildman–Crippen MR) is 182 cm³/mol. The van der Waals surface area contributed by atoms with Crippen molar-refractivity contribution < 1.29 is 26.9 Å². The fourth-order valence-corrected chi connectivity index (χ4v) is 6.17. The number of carbonyl (C=O) groups is 2. The summed E-state index contributed by atoms with van der Waals surface area (Å²) in [6, 6.07) is 16.6. The second kappa shape index (κ2) is 16.4. The molecule has 9 nitrogen and oxygen atoms in total. The molecule has 0 saturated heterocycles. The van der Waals surface area contributed by atoms with Gasteiger partial charge in [0.1, 0.15) is 23.1 Å². The van der Waals surface area contributed by atoms with Crippen LogP contribution in [0.4, 0.5) is 5.69 Å². The first-order chi connectivity index (χ1) is 21.7. The van der Waals surface area contributed by atoms with Gasteiger partial charge in [-0.05, 0) is 75.6 Å². The van der Waals surface area contributed by atoms with E-state index in [4.69, 9.17) is 43.7 Å². The van der Waals surface area contributed by atoms with Gasteiger partial charge in [-0.15, -0.1) is 11.6 Å². The van der Waals surface area contributed by atoms with E-state index in [0.29, 0.717) is 17.3 Å². The number of anilines is 1. The first kappa shape index (κ1) is 37.1. The fraction of sp³-hybridized carbons (Fsp3) is 0.303. The number of alkyl halides is 1. The van der Waals surface area contributed by atoms with Gasteiger partial charge in [-0.3, -0.25) is 14.5 Å². The molecule has 246 valence electrons. The number of benzene rings is 3. The second-order valence-electron chi connectivity index (χ2n) is 10.2. The van der Waals surface area contributed by atoms with E-state index in [1.54, 1.807) is 24.0 Å². The quantitative estimate of drug-likeness (QED) is 0.0689. The summed E-state index contributed by atoms with van der Waals surface area (Å²) in [5.74, 6) is -0.866. The minimum Gasteiger partial charge on any atom is -0.361 e. The van der Waals surface area contributed by atoms with Gasteiger partial charge in [-0.2, -0.15) is 13.5 Å². The third-order valence-corrected chi connectivity index (χ3v) is 8.89. The third-order valence-electron chi connectivity index (χ3n) is 6.88. The molecule has 1 heterocycles. The lowest BCUT2D eigenvalue weighted by molar-refractivity contribution is -0.117. The van der Waals surface area contributed by atoms with Crippen molar-refractivity contribution in [1.82, 2.24) is 9.78 Å². The Hall–Kier alpha value is -3.41. The van der Waals surface area contributed by atoms with Crippen LogP contribution in [-0.4, -0.2) is 49.1 Å². The molecule has 0 saturated carbocycles. The monoisotopic (exact) mass is 707 g/mol. The molecule has 46 heavy (non-hydrogen) atoms. The summed E-state index contributed by atoms with van der Waals surface area (Å²) in [6.07, 6.45) is 0.870. The second-order valence-corrected chi connectivity index (χ2v) is 12.9. The number of aryl methyl sites for hydroxylation is 5. The zero-order valence-corrected chi connectivity index (χ0v) is 29.5. The molecular formula is C33H36Cl3N3O6S. The number of ketones is 1. The number of halogens is 3. The van der Waals surface area contributed by atoms with Crippen LogP contribution in [0, 0.1) is 20.8 Å². The number of hydrogen-bond acceptors (Lipinski definition) is 7. The Bertz CT molecular complexity index is 1810. The van der Waals surface area contributed by atoms with Crippen LogP contribution in [0.5, 0.6) is 5.88 Å². The first-order valence-electron chi connectivity index (χ1n) is 14.3. The molecule has 0 radical (unpaired) electrons. The molecule has 3 aromatic carbocycles. The molecule has 0 N–H and O–H groups in total. The molecule has 0 fully saturated rings. The summed E-state index contributed by atoms with van der Waals surface area (Å²) in [7, 11) is -2.67. The number of amides is 1. The van der Waals surface area contributed by atoms with Crippen molar-refractivity contribution in [3.8, 4) is 5.88 Å². The topological polar surface area (TPSA) is 108 Å². The molecule has 0 aliphatic heterocycles. The van der Waals surface area contributed by atoms with Crippen LogP contribution in [0.15, 0.2) is 65.6 Å². The highest BCUT2D eigenvalue weighted by molar-refractivity contribution is 7.87.